The van der Waals surface area contributed by atoms with Gasteiger partial charge >= 0.3 is 0 Å². The minimum Gasteiger partial charge on any atom is -0.272 e. The Kier molecular flexibility index (Phi) is 3.59. The molecule has 0 unspecified atom stereocenters. The number of hydrogen-bond acceptors (Lipinski definition) is 5. The van der Waals surface area contributed by atoms with Gasteiger partial charge in [0.2, 0.25) is 0 Å². The highest BCUT2D eigenvalue weighted by atomic mass is 16.2. The fourth-order valence-corrected chi connectivity index (χ4v) is 3.13. The third kappa shape index (κ3) is 2.28. The molecule has 2 aromatic carbocycles. The molecule has 126 valence electrons. The summed E-state index contributed by atoms with van der Waals surface area (Å²) in [4.78, 5) is 43.0. The SMILES string of the molecule is N#CCc1nc2ccccc2n1C(=O)CN1C(=O)c2ccccc2C1=O. The maximum Gasteiger partial charge on any atom is 0.262 e. The maximum absolute atomic E-state index is 12.9. The van der Waals surface area contributed by atoms with Crippen molar-refractivity contribution in [2.45, 2.75) is 6.42 Å². The van der Waals surface area contributed by atoms with Crippen molar-refractivity contribution in [1.82, 2.24) is 14.5 Å². The number of imide groups is 1. The van der Waals surface area contributed by atoms with Gasteiger partial charge < -0.3 is 0 Å². The van der Waals surface area contributed by atoms with Gasteiger partial charge in [0.25, 0.3) is 17.7 Å². The zero-order chi connectivity index (χ0) is 18.3. The van der Waals surface area contributed by atoms with Crippen LogP contribution >= 0.6 is 0 Å². The number of nitrogens with zero attached hydrogens (tertiary/aromatic N) is 4. The smallest absolute Gasteiger partial charge is 0.262 e. The van der Waals surface area contributed by atoms with E-state index in [-0.39, 0.29) is 23.4 Å². The molecule has 0 fully saturated rings. The molecule has 3 aromatic rings. The van der Waals surface area contributed by atoms with E-state index in [2.05, 4.69) is 4.98 Å². The molecule has 4 rings (SSSR count). The highest BCUT2D eigenvalue weighted by Gasteiger charge is 2.36. The minimum atomic E-state index is -0.495. The van der Waals surface area contributed by atoms with E-state index in [1.54, 1.807) is 48.5 Å². The Labute approximate surface area is 148 Å². The van der Waals surface area contributed by atoms with E-state index >= 15 is 0 Å². The van der Waals surface area contributed by atoms with E-state index in [0.717, 1.165) is 4.90 Å². The third-order valence-electron chi connectivity index (χ3n) is 4.29. The molecule has 0 radical (unpaired) electrons. The van der Waals surface area contributed by atoms with Gasteiger partial charge in [-0.15, -0.1) is 0 Å². The second kappa shape index (κ2) is 5.93. The second-order valence-corrected chi connectivity index (χ2v) is 5.82. The summed E-state index contributed by atoms with van der Waals surface area (Å²) in [5.74, 6) is -1.19. The lowest BCUT2D eigenvalue weighted by atomic mass is 10.1. The summed E-state index contributed by atoms with van der Waals surface area (Å²) in [6, 6.07) is 15.4. The molecule has 1 aliphatic rings. The number of carbonyl (C=O) groups excluding carboxylic acids is 3. The lowest BCUT2D eigenvalue weighted by Gasteiger charge is -2.14. The first-order valence-electron chi connectivity index (χ1n) is 7.93. The average molecular weight is 344 g/mol. The van der Waals surface area contributed by atoms with Gasteiger partial charge in [0, 0.05) is 0 Å². The van der Waals surface area contributed by atoms with E-state index in [1.165, 1.54) is 4.57 Å². The Morgan fingerprint density at radius 2 is 1.62 bits per heavy atom. The molecule has 0 saturated carbocycles. The van der Waals surface area contributed by atoms with Crippen molar-refractivity contribution in [2.24, 2.45) is 0 Å². The average Bonchev–Trinajstić information content (AvgIpc) is 3.13. The van der Waals surface area contributed by atoms with Gasteiger partial charge in [-0.05, 0) is 24.3 Å². The number of aromatic nitrogens is 2. The Morgan fingerprint density at radius 3 is 2.27 bits per heavy atom. The van der Waals surface area contributed by atoms with Crippen LogP contribution in [0, 0.1) is 11.3 Å². The monoisotopic (exact) mass is 344 g/mol. The standard InChI is InChI=1S/C19H12N4O3/c20-10-9-16-21-14-7-3-4-8-15(14)23(16)17(24)11-22-18(25)12-5-1-2-6-13(12)19(22)26/h1-8H,9,11H2. The van der Waals surface area contributed by atoms with Gasteiger partial charge in [-0.25, -0.2) is 4.98 Å². The molecular weight excluding hydrogens is 332 g/mol. The predicted octanol–water partition coefficient (Wildman–Crippen LogP) is 2.04. The number of carbonyl (C=O) groups is 3. The van der Waals surface area contributed by atoms with Gasteiger partial charge in [-0.2, -0.15) is 5.26 Å². The first-order chi connectivity index (χ1) is 12.6. The van der Waals surface area contributed by atoms with Crippen molar-refractivity contribution in [2.75, 3.05) is 6.54 Å². The fourth-order valence-electron chi connectivity index (χ4n) is 3.13. The van der Waals surface area contributed by atoms with E-state index < -0.39 is 24.3 Å². The van der Waals surface area contributed by atoms with Crippen LogP contribution in [-0.4, -0.2) is 38.7 Å². The topological polar surface area (TPSA) is 96.1 Å². The number of rotatable bonds is 3. The maximum atomic E-state index is 12.9. The Morgan fingerprint density at radius 1 is 1.00 bits per heavy atom. The van der Waals surface area contributed by atoms with Crippen LogP contribution in [0.4, 0.5) is 0 Å². The quantitative estimate of drug-likeness (QED) is 0.678. The van der Waals surface area contributed by atoms with Gasteiger partial charge in [0.05, 0.1) is 34.7 Å². The van der Waals surface area contributed by atoms with Crippen molar-refractivity contribution < 1.29 is 14.4 Å². The summed E-state index contributed by atoms with van der Waals surface area (Å²) in [6.45, 7) is -0.412. The molecule has 0 aliphatic carbocycles. The summed E-state index contributed by atoms with van der Waals surface area (Å²) in [7, 11) is 0. The van der Waals surface area contributed by atoms with Crippen LogP contribution in [0.25, 0.3) is 11.0 Å². The summed E-state index contributed by atoms with van der Waals surface area (Å²) in [5, 5.41) is 9.00. The van der Waals surface area contributed by atoms with Crippen LogP contribution in [-0.2, 0) is 6.42 Å². The molecule has 2 amide bonds. The molecule has 7 nitrogen and oxygen atoms in total. The van der Waals surface area contributed by atoms with Crippen LogP contribution in [0.3, 0.4) is 0 Å². The lowest BCUT2D eigenvalue weighted by Crippen LogP contribution is -2.37. The fraction of sp³-hybridized carbons (Fsp3) is 0.105. The molecule has 0 saturated heterocycles. The molecule has 0 N–H and O–H groups in total. The van der Waals surface area contributed by atoms with Gasteiger partial charge in [-0.3, -0.25) is 23.9 Å². The van der Waals surface area contributed by atoms with Crippen LogP contribution in [0.15, 0.2) is 48.5 Å². The van der Waals surface area contributed by atoms with E-state index in [1.807, 2.05) is 6.07 Å². The van der Waals surface area contributed by atoms with Crippen molar-refractivity contribution >= 4 is 28.8 Å². The molecule has 0 spiro atoms. The molecule has 1 aliphatic heterocycles. The van der Waals surface area contributed by atoms with Crippen LogP contribution in [0.5, 0.6) is 0 Å². The molecule has 1 aromatic heterocycles. The number of imidazole rings is 1. The first kappa shape index (κ1) is 15.7. The Balaban J connectivity index is 1.71. The Bertz CT molecular complexity index is 1090. The highest BCUT2D eigenvalue weighted by molar-refractivity contribution is 6.22. The summed E-state index contributed by atoms with van der Waals surface area (Å²) in [5.41, 5.74) is 1.70. The molecule has 0 atom stereocenters. The van der Waals surface area contributed by atoms with Crippen LogP contribution in [0.1, 0.15) is 31.3 Å². The van der Waals surface area contributed by atoms with Gasteiger partial charge in [-0.1, -0.05) is 24.3 Å². The van der Waals surface area contributed by atoms with E-state index in [9.17, 15) is 14.4 Å². The lowest BCUT2D eigenvalue weighted by molar-refractivity contribution is 0.0605. The number of amides is 2. The van der Waals surface area contributed by atoms with Crippen molar-refractivity contribution in [3.63, 3.8) is 0 Å². The zero-order valence-corrected chi connectivity index (χ0v) is 13.5. The number of nitriles is 1. The number of para-hydroxylation sites is 2. The van der Waals surface area contributed by atoms with Gasteiger partial charge in [0.15, 0.2) is 0 Å². The van der Waals surface area contributed by atoms with Crippen LogP contribution in [0.2, 0.25) is 0 Å². The van der Waals surface area contributed by atoms with E-state index in [4.69, 9.17) is 5.26 Å². The zero-order valence-electron chi connectivity index (χ0n) is 13.5. The first-order valence-corrected chi connectivity index (χ1v) is 7.93. The van der Waals surface area contributed by atoms with E-state index in [0.29, 0.717) is 11.0 Å². The van der Waals surface area contributed by atoms with Crippen molar-refractivity contribution in [1.29, 1.82) is 5.26 Å². The highest BCUT2D eigenvalue weighted by Crippen LogP contribution is 2.23. The van der Waals surface area contributed by atoms with Gasteiger partial charge in [0.1, 0.15) is 12.4 Å². The molecule has 0 bridgehead atoms. The normalized spacial score (nSPS) is 13.1. The van der Waals surface area contributed by atoms with Crippen molar-refractivity contribution in [3.05, 3.63) is 65.5 Å². The largest absolute Gasteiger partial charge is 0.272 e. The number of fused-ring (bicyclic) bond motifs is 2. The molecular formula is C19H12N4O3. The third-order valence-corrected chi connectivity index (χ3v) is 4.29. The second-order valence-electron chi connectivity index (χ2n) is 5.82. The summed E-state index contributed by atoms with van der Waals surface area (Å²) in [6.07, 6.45) is -0.0530. The van der Waals surface area contributed by atoms with Crippen LogP contribution < -0.4 is 0 Å². The number of benzene rings is 2. The molecule has 26 heavy (non-hydrogen) atoms. The predicted molar refractivity (Wildman–Crippen MR) is 91.5 cm³/mol. The minimum absolute atomic E-state index is 0.0530. The Hall–Kier alpha value is -3.79. The molecule has 7 heteroatoms. The summed E-state index contributed by atoms with van der Waals surface area (Å²) < 4.78 is 1.31. The molecule has 2 heterocycles. The van der Waals surface area contributed by atoms with Crippen molar-refractivity contribution in [3.8, 4) is 6.07 Å². The summed E-state index contributed by atoms with van der Waals surface area (Å²) >= 11 is 0. The number of hydrogen-bond donors (Lipinski definition) is 0.